The van der Waals surface area contributed by atoms with Crippen molar-refractivity contribution < 1.29 is 4.79 Å². The van der Waals surface area contributed by atoms with Gasteiger partial charge in [-0.1, -0.05) is 13.3 Å². The lowest BCUT2D eigenvalue weighted by Crippen LogP contribution is -2.39. The van der Waals surface area contributed by atoms with Crippen molar-refractivity contribution in [1.29, 1.82) is 0 Å². The Morgan fingerprint density at radius 3 is 2.71 bits per heavy atom. The standard InChI is InChI=1S/C13H22N2OS/c1-4-5-6-11-7-8-12(17-11)9-15(3)10(2)13(14)16/h7-8,10H,4-6,9H2,1-3H3,(H2,14,16)/t10-/m1/s1. The van der Waals surface area contributed by atoms with Gasteiger partial charge in [-0.05, 0) is 38.9 Å². The minimum Gasteiger partial charge on any atom is -0.368 e. The van der Waals surface area contributed by atoms with Gasteiger partial charge in [0.05, 0.1) is 6.04 Å². The van der Waals surface area contributed by atoms with E-state index in [4.69, 9.17) is 5.73 Å². The molecule has 2 N–H and O–H groups in total. The molecule has 0 radical (unpaired) electrons. The van der Waals surface area contributed by atoms with Crippen molar-refractivity contribution in [2.24, 2.45) is 5.73 Å². The second-order valence-corrected chi connectivity index (χ2v) is 5.72. The van der Waals surface area contributed by atoms with Crippen LogP contribution in [0.4, 0.5) is 0 Å². The Kier molecular flexibility index (Phi) is 5.65. The predicted molar refractivity (Wildman–Crippen MR) is 73.1 cm³/mol. The normalized spacial score (nSPS) is 12.9. The average molecular weight is 254 g/mol. The highest BCUT2D eigenvalue weighted by Crippen LogP contribution is 2.20. The number of amides is 1. The van der Waals surface area contributed by atoms with Gasteiger partial charge in [-0.25, -0.2) is 0 Å². The maximum Gasteiger partial charge on any atom is 0.234 e. The summed E-state index contributed by atoms with van der Waals surface area (Å²) in [5, 5.41) is 0. The van der Waals surface area contributed by atoms with Crippen molar-refractivity contribution in [1.82, 2.24) is 4.90 Å². The summed E-state index contributed by atoms with van der Waals surface area (Å²) in [7, 11) is 1.93. The van der Waals surface area contributed by atoms with Gasteiger partial charge in [-0.3, -0.25) is 9.69 Å². The van der Waals surface area contributed by atoms with E-state index in [2.05, 4.69) is 19.1 Å². The smallest absolute Gasteiger partial charge is 0.234 e. The third-order valence-corrected chi connectivity index (χ3v) is 4.10. The van der Waals surface area contributed by atoms with E-state index in [-0.39, 0.29) is 11.9 Å². The molecule has 0 saturated heterocycles. The van der Waals surface area contributed by atoms with E-state index in [9.17, 15) is 4.79 Å². The number of hydrogen-bond donors (Lipinski definition) is 1. The van der Waals surface area contributed by atoms with Crippen molar-refractivity contribution in [3.05, 3.63) is 21.9 Å². The second-order valence-electron chi connectivity index (χ2n) is 4.47. The third-order valence-electron chi connectivity index (χ3n) is 2.97. The number of unbranched alkanes of at least 4 members (excludes halogenated alkanes) is 1. The van der Waals surface area contributed by atoms with Crippen molar-refractivity contribution >= 4 is 17.2 Å². The van der Waals surface area contributed by atoms with Crippen LogP contribution in [-0.2, 0) is 17.8 Å². The van der Waals surface area contributed by atoms with Crippen molar-refractivity contribution in [2.75, 3.05) is 7.05 Å². The Morgan fingerprint density at radius 2 is 2.12 bits per heavy atom. The van der Waals surface area contributed by atoms with Crippen LogP contribution in [0.15, 0.2) is 12.1 Å². The Morgan fingerprint density at radius 1 is 1.47 bits per heavy atom. The van der Waals surface area contributed by atoms with Crippen LogP contribution in [0.3, 0.4) is 0 Å². The molecule has 0 aliphatic rings. The zero-order chi connectivity index (χ0) is 12.8. The second kappa shape index (κ2) is 6.77. The Bertz CT molecular complexity index is 362. The van der Waals surface area contributed by atoms with Crippen LogP contribution in [-0.4, -0.2) is 23.9 Å². The number of rotatable bonds is 7. The zero-order valence-electron chi connectivity index (χ0n) is 10.9. The summed E-state index contributed by atoms with van der Waals surface area (Å²) in [4.78, 5) is 15.8. The molecule has 0 fully saturated rings. The molecule has 4 heteroatoms. The lowest BCUT2D eigenvalue weighted by molar-refractivity contribution is -0.122. The largest absolute Gasteiger partial charge is 0.368 e. The molecule has 1 rings (SSSR count). The molecule has 1 heterocycles. The van der Waals surface area contributed by atoms with Gasteiger partial charge in [0.15, 0.2) is 0 Å². The lowest BCUT2D eigenvalue weighted by Gasteiger charge is -2.20. The van der Waals surface area contributed by atoms with Gasteiger partial charge in [0.1, 0.15) is 0 Å². The highest BCUT2D eigenvalue weighted by molar-refractivity contribution is 7.11. The Balaban J connectivity index is 2.51. The summed E-state index contributed by atoms with van der Waals surface area (Å²) < 4.78 is 0. The molecule has 17 heavy (non-hydrogen) atoms. The first-order valence-electron chi connectivity index (χ1n) is 6.11. The van der Waals surface area contributed by atoms with Crippen LogP contribution in [0.2, 0.25) is 0 Å². The summed E-state index contributed by atoms with van der Waals surface area (Å²) in [5.41, 5.74) is 5.28. The Labute approximate surface area is 108 Å². The fourth-order valence-electron chi connectivity index (χ4n) is 1.59. The summed E-state index contributed by atoms with van der Waals surface area (Å²) >= 11 is 1.84. The number of hydrogen-bond acceptors (Lipinski definition) is 3. The van der Waals surface area contributed by atoms with Crippen molar-refractivity contribution in [2.45, 2.75) is 45.7 Å². The predicted octanol–water partition coefficient (Wildman–Crippen LogP) is 2.40. The summed E-state index contributed by atoms with van der Waals surface area (Å²) in [5.74, 6) is -0.268. The molecule has 0 saturated carbocycles. The summed E-state index contributed by atoms with van der Waals surface area (Å²) in [6.45, 7) is 4.84. The number of carbonyl (C=O) groups is 1. The summed E-state index contributed by atoms with van der Waals surface area (Å²) in [6.07, 6.45) is 3.63. The molecule has 0 aromatic carbocycles. The van der Waals surface area contributed by atoms with E-state index < -0.39 is 0 Å². The SMILES string of the molecule is CCCCc1ccc(CN(C)[C@H](C)C(N)=O)s1. The topological polar surface area (TPSA) is 46.3 Å². The molecule has 0 aliphatic heterocycles. The number of carbonyl (C=O) groups excluding carboxylic acids is 1. The number of nitrogens with two attached hydrogens (primary N) is 1. The molecule has 0 aliphatic carbocycles. The van der Waals surface area contributed by atoms with Crippen LogP contribution in [0.1, 0.15) is 36.4 Å². The molecule has 1 atom stereocenters. The quantitative estimate of drug-likeness (QED) is 0.812. The third kappa shape index (κ3) is 4.48. The fourth-order valence-corrected chi connectivity index (χ4v) is 2.72. The van der Waals surface area contributed by atoms with Gasteiger partial charge in [-0.15, -0.1) is 11.3 Å². The van der Waals surface area contributed by atoms with Crippen LogP contribution >= 0.6 is 11.3 Å². The molecule has 1 aromatic rings. The minimum atomic E-state index is -0.268. The van der Waals surface area contributed by atoms with Gasteiger partial charge in [0.2, 0.25) is 5.91 Å². The number of nitrogens with zero attached hydrogens (tertiary/aromatic N) is 1. The molecule has 0 unspecified atom stereocenters. The molecule has 0 bridgehead atoms. The van der Waals surface area contributed by atoms with E-state index in [1.807, 2.05) is 30.2 Å². The van der Waals surface area contributed by atoms with Crippen LogP contribution in [0, 0.1) is 0 Å². The van der Waals surface area contributed by atoms with Crippen LogP contribution < -0.4 is 5.73 Å². The molecule has 96 valence electrons. The van der Waals surface area contributed by atoms with E-state index in [0.29, 0.717) is 0 Å². The summed E-state index contributed by atoms with van der Waals surface area (Å²) in [6, 6.07) is 4.13. The highest BCUT2D eigenvalue weighted by atomic mass is 32.1. The fraction of sp³-hybridized carbons (Fsp3) is 0.615. The van der Waals surface area contributed by atoms with Crippen molar-refractivity contribution in [3.8, 4) is 0 Å². The van der Waals surface area contributed by atoms with E-state index in [1.54, 1.807) is 0 Å². The number of likely N-dealkylation sites (N-methyl/N-ethyl adjacent to an activating group) is 1. The molecule has 0 spiro atoms. The minimum absolute atomic E-state index is 0.212. The van der Waals surface area contributed by atoms with E-state index in [1.165, 1.54) is 22.6 Å². The maximum atomic E-state index is 11.1. The van der Waals surface area contributed by atoms with Crippen LogP contribution in [0.5, 0.6) is 0 Å². The van der Waals surface area contributed by atoms with Gasteiger partial charge in [0, 0.05) is 16.3 Å². The van der Waals surface area contributed by atoms with Gasteiger partial charge < -0.3 is 5.73 Å². The maximum absolute atomic E-state index is 11.1. The van der Waals surface area contributed by atoms with Crippen molar-refractivity contribution in [3.63, 3.8) is 0 Å². The van der Waals surface area contributed by atoms with Crippen LogP contribution in [0.25, 0.3) is 0 Å². The van der Waals surface area contributed by atoms with Gasteiger partial charge in [0.25, 0.3) is 0 Å². The number of thiophene rings is 1. The number of aryl methyl sites for hydroxylation is 1. The molecule has 1 amide bonds. The average Bonchev–Trinajstić information content (AvgIpc) is 2.72. The molecule has 3 nitrogen and oxygen atoms in total. The zero-order valence-corrected chi connectivity index (χ0v) is 11.7. The van der Waals surface area contributed by atoms with E-state index in [0.717, 1.165) is 13.0 Å². The monoisotopic (exact) mass is 254 g/mol. The molecular weight excluding hydrogens is 232 g/mol. The van der Waals surface area contributed by atoms with Gasteiger partial charge in [-0.2, -0.15) is 0 Å². The first-order chi connectivity index (χ1) is 8.04. The first-order valence-corrected chi connectivity index (χ1v) is 6.93. The Hall–Kier alpha value is -0.870. The highest BCUT2D eigenvalue weighted by Gasteiger charge is 2.15. The van der Waals surface area contributed by atoms with Gasteiger partial charge >= 0.3 is 0 Å². The van der Waals surface area contributed by atoms with E-state index >= 15 is 0 Å². The first kappa shape index (κ1) is 14.2. The lowest BCUT2D eigenvalue weighted by atomic mass is 10.2. The number of primary amides is 1. The molecule has 1 aromatic heterocycles. The molecular formula is C13H22N2OS.